The van der Waals surface area contributed by atoms with Crippen molar-refractivity contribution in [3.8, 4) is 17.2 Å². The largest absolute Gasteiger partial charge is 0.496 e. The first-order valence-corrected chi connectivity index (χ1v) is 15.3. The van der Waals surface area contributed by atoms with Crippen molar-refractivity contribution in [1.82, 2.24) is 4.90 Å². The Labute approximate surface area is 215 Å². The van der Waals surface area contributed by atoms with E-state index in [1.54, 1.807) is 32.4 Å². The van der Waals surface area contributed by atoms with Crippen molar-refractivity contribution >= 4 is 19.7 Å². The maximum Gasteiger partial charge on any atom is 0.201 e. The maximum atomic E-state index is 13.5. The lowest BCUT2D eigenvalue weighted by molar-refractivity contribution is 0.324. The normalized spacial score (nSPS) is 18.1. The van der Waals surface area contributed by atoms with Crippen LogP contribution in [0.3, 0.4) is 0 Å². The Kier molecular flexibility index (Phi) is 8.95. The third-order valence-corrected chi connectivity index (χ3v) is 12.9. The molecule has 8 nitrogen and oxygen atoms in total. The predicted octanol–water partition coefficient (Wildman–Crippen LogP) is 3.36. The molecule has 0 unspecified atom stereocenters. The molecule has 200 valence electrons. The molecule has 0 aromatic heterocycles. The molecule has 10 heteroatoms. The Bertz CT molecular complexity index is 1240. The molecule has 0 radical (unpaired) electrons. The van der Waals surface area contributed by atoms with E-state index in [0.717, 1.165) is 24.1 Å². The first-order chi connectivity index (χ1) is 17.0. The number of hydrogen-bond acceptors (Lipinski definition) is 8. The number of ether oxygens (including phenoxy) is 3. The SMILES string of the molecule is COc1ccc(CCN(C)CCCC2(c3cc(C)ccc3OC)S(=O)(=O)CCCS2(=O)=O)cc1OC. The third kappa shape index (κ3) is 5.50. The van der Waals surface area contributed by atoms with Crippen LogP contribution in [-0.4, -0.2) is 74.7 Å². The monoisotopic (exact) mass is 539 g/mol. The maximum absolute atomic E-state index is 13.5. The number of methoxy groups -OCH3 is 3. The summed E-state index contributed by atoms with van der Waals surface area (Å²) in [4.78, 5) is 2.08. The van der Waals surface area contributed by atoms with E-state index in [9.17, 15) is 16.8 Å². The van der Waals surface area contributed by atoms with Crippen molar-refractivity contribution in [3.05, 3.63) is 53.1 Å². The molecular weight excluding hydrogens is 502 g/mol. The lowest BCUT2D eigenvalue weighted by Gasteiger charge is -2.38. The molecule has 0 aliphatic carbocycles. The lowest BCUT2D eigenvalue weighted by atomic mass is 10.0. The molecule has 1 heterocycles. The van der Waals surface area contributed by atoms with Gasteiger partial charge in [-0.05, 0) is 76.0 Å². The summed E-state index contributed by atoms with van der Waals surface area (Å²) in [6.45, 7) is 3.09. The van der Waals surface area contributed by atoms with E-state index in [1.165, 1.54) is 7.11 Å². The topological polar surface area (TPSA) is 99.2 Å². The summed E-state index contributed by atoms with van der Waals surface area (Å²) in [5, 5.41) is 0. The summed E-state index contributed by atoms with van der Waals surface area (Å²) in [5.41, 5.74) is 2.10. The summed E-state index contributed by atoms with van der Waals surface area (Å²) in [6.07, 6.45) is 1.26. The molecule has 1 saturated heterocycles. The second-order valence-electron chi connectivity index (χ2n) is 9.29. The zero-order valence-corrected chi connectivity index (χ0v) is 23.4. The van der Waals surface area contributed by atoms with Crippen LogP contribution in [0.1, 0.15) is 36.0 Å². The van der Waals surface area contributed by atoms with Gasteiger partial charge >= 0.3 is 0 Å². The molecule has 3 rings (SSSR count). The van der Waals surface area contributed by atoms with E-state index >= 15 is 0 Å². The smallest absolute Gasteiger partial charge is 0.201 e. The van der Waals surface area contributed by atoms with Gasteiger partial charge in [-0.15, -0.1) is 0 Å². The molecule has 0 saturated carbocycles. The number of aryl methyl sites for hydroxylation is 1. The van der Waals surface area contributed by atoms with Gasteiger partial charge in [-0.25, -0.2) is 16.8 Å². The lowest BCUT2D eigenvalue weighted by Crippen LogP contribution is -2.50. The van der Waals surface area contributed by atoms with Crippen LogP contribution in [0.5, 0.6) is 17.2 Å². The van der Waals surface area contributed by atoms with E-state index in [1.807, 2.05) is 32.2 Å². The first-order valence-electron chi connectivity index (χ1n) is 12.0. The van der Waals surface area contributed by atoms with E-state index in [2.05, 4.69) is 4.90 Å². The predicted molar refractivity (Wildman–Crippen MR) is 142 cm³/mol. The van der Waals surface area contributed by atoms with Gasteiger partial charge in [0.15, 0.2) is 31.2 Å². The Morgan fingerprint density at radius 3 is 2.06 bits per heavy atom. The number of hydrogen-bond donors (Lipinski definition) is 0. The molecule has 0 spiro atoms. The molecule has 0 atom stereocenters. The van der Waals surface area contributed by atoms with Crippen LogP contribution in [0.25, 0.3) is 0 Å². The molecular formula is C26H37NO7S2. The van der Waals surface area contributed by atoms with Gasteiger partial charge in [0, 0.05) is 12.1 Å². The van der Waals surface area contributed by atoms with Crippen LogP contribution in [0.2, 0.25) is 0 Å². The van der Waals surface area contributed by atoms with Gasteiger partial charge < -0.3 is 19.1 Å². The highest BCUT2D eigenvalue weighted by molar-refractivity contribution is 8.10. The molecule has 1 aliphatic heterocycles. The van der Waals surface area contributed by atoms with Crippen molar-refractivity contribution in [2.24, 2.45) is 0 Å². The zero-order valence-electron chi connectivity index (χ0n) is 21.7. The van der Waals surface area contributed by atoms with Crippen LogP contribution < -0.4 is 14.2 Å². The van der Waals surface area contributed by atoms with E-state index in [-0.39, 0.29) is 35.7 Å². The van der Waals surface area contributed by atoms with E-state index in [0.29, 0.717) is 24.5 Å². The Morgan fingerprint density at radius 2 is 1.44 bits per heavy atom. The fourth-order valence-corrected chi connectivity index (χ4v) is 10.8. The van der Waals surface area contributed by atoms with Gasteiger partial charge in [0.2, 0.25) is 4.08 Å². The zero-order chi connectivity index (χ0) is 26.6. The summed E-state index contributed by atoms with van der Waals surface area (Å²) in [5.74, 6) is 1.31. The fraction of sp³-hybridized carbons (Fsp3) is 0.538. The van der Waals surface area contributed by atoms with Crippen LogP contribution in [0, 0.1) is 6.92 Å². The molecule has 0 bridgehead atoms. The number of rotatable bonds is 11. The molecule has 0 amide bonds. The van der Waals surface area contributed by atoms with Crippen molar-refractivity contribution < 1.29 is 31.0 Å². The standard InChI is InChI=1S/C26H37NO7S2/c1-20-8-10-23(32-3)22(18-20)26(35(28,29)16-7-17-36(26,30)31)13-6-14-27(2)15-12-21-9-11-24(33-4)25(19-21)34-5/h8-11,18-19H,6-7,12-17H2,1-5H3. The molecule has 0 N–H and O–H groups in total. The third-order valence-electron chi connectivity index (χ3n) is 6.87. The van der Waals surface area contributed by atoms with Crippen molar-refractivity contribution in [3.63, 3.8) is 0 Å². The van der Waals surface area contributed by atoms with Gasteiger partial charge in [0.25, 0.3) is 0 Å². The molecule has 1 aliphatic rings. The average molecular weight is 540 g/mol. The van der Waals surface area contributed by atoms with Crippen LogP contribution in [0.15, 0.2) is 36.4 Å². The molecule has 1 fully saturated rings. The highest BCUT2D eigenvalue weighted by atomic mass is 32.3. The minimum atomic E-state index is -3.97. The van der Waals surface area contributed by atoms with Gasteiger partial charge in [-0.3, -0.25) is 0 Å². The Hall–Kier alpha value is -2.30. The van der Waals surface area contributed by atoms with Crippen LogP contribution in [-0.2, 0) is 30.2 Å². The van der Waals surface area contributed by atoms with Gasteiger partial charge in [-0.2, -0.15) is 0 Å². The number of likely N-dealkylation sites (N-methyl/N-ethyl adjacent to an activating group) is 1. The average Bonchev–Trinajstić information content (AvgIpc) is 2.83. The second kappa shape index (κ2) is 11.4. The molecule has 2 aromatic carbocycles. The first kappa shape index (κ1) is 28.3. The van der Waals surface area contributed by atoms with Crippen LogP contribution in [0.4, 0.5) is 0 Å². The summed E-state index contributed by atoms with van der Waals surface area (Å²) < 4.78 is 68.2. The molecule has 36 heavy (non-hydrogen) atoms. The second-order valence-corrected chi connectivity index (χ2v) is 14.2. The summed E-state index contributed by atoms with van der Waals surface area (Å²) >= 11 is 0. The quantitative estimate of drug-likeness (QED) is 0.429. The van der Waals surface area contributed by atoms with Crippen molar-refractivity contribution in [1.29, 1.82) is 0 Å². The number of sulfone groups is 2. The fourth-order valence-electron chi connectivity index (χ4n) is 4.91. The Balaban J connectivity index is 1.80. The van der Waals surface area contributed by atoms with Gasteiger partial charge in [-0.1, -0.05) is 17.7 Å². The van der Waals surface area contributed by atoms with Gasteiger partial charge in [0.05, 0.1) is 32.8 Å². The van der Waals surface area contributed by atoms with E-state index < -0.39 is 23.8 Å². The van der Waals surface area contributed by atoms with E-state index in [4.69, 9.17) is 14.2 Å². The minimum Gasteiger partial charge on any atom is -0.496 e. The van der Waals surface area contributed by atoms with Gasteiger partial charge in [0.1, 0.15) is 5.75 Å². The highest BCUT2D eigenvalue weighted by Gasteiger charge is 2.58. The number of benzene rings is 2. The summed E-state index contributed by atoms with van der Waals surface area (Å²) in [6, 6.07) is 10.9. The Morgan fingerprint density at radius 1 is 0.833 bits per heavy atom. The van der Waals surface area contributed by atoms with Crippen molar-refractivity contribution in [2.75, 3.05) is 53.0 Å². The van der Waals surface area contributed by atoms with Crippen molar-refractivity contribution in [2.45, 2.75) is 36.7 Å². The van der Waals surface area contributed by atoms with Crippen LogP contribution >= 0.6 is 0 Å². The highest BCUT2D eigenvalue weighted by Crippen LogP contribution is 2.48. The number of nitrogens with zero attached hydrogens (tertiary/aromatic N) is 1. The minimum absolute atomic E-state index is 0.0157. The molecule has 2 aromatic rings. The summed E-state index contributed by atoms with van der Waals surface area (Å²) in [7, 11) is -1.37.